The zero-order chi connectivity index (χ0) is 11.2. The van der Waals surface area contributed by atoms with Crippen LogP contribution in [0.1, 0.15) is 44.9 Å². The lowest BCUT2D eigenvalue weighted by atomic mass is 9.71. The average molecular weight is 362 g/mol. The number of fused-ring (bicyclic) bond motifs is 6. The van der Waals surface area contributed by atoms with Gasteiger partial charge in [0.25, 0.3) is 0 Å². The van der Waals surface area contributed by atoms with Gasteiger partial charge in [-0.05, 0) is 57.0 Å². The van der Waals surface area contributed by atoms with Gasteiger partial charge in [-0.1, -0.05) is 12.8 Å². The van der Waals surface area contributed by atoms with Gasteiger partial charge in [0.15, 0.2) is 0 Å². The standard InChI is InChI=1S/C15H26N2.HI/c1-3-7-16-11-13-9-12(14(16)5-1)10-17-8-4-2-6-15(13)17;/h12-15H,1-11H2;1H/t12?,13?,14-,15+;. The molecule has 4 atom stereocenters. The molecule has 3 heteroatoms. The third-order valence-electron chi connectivity index (χ3n) is 5.96. The number of piperidine rings is 4. The summed E-state index contributed by atoms with van der Waals surface area (Å²) in [5, 5.41) is 0. The van der Waals surface area contributed by atoms with Gasteiger partial charge in [0, 0.05) is 25.2 Å². The molecule has 2 nitrogen and oxygen atoms in total. The zero-order valence-electron chi connectivity index (χ0n) is 11.4. The highest BCUT2D eigenvalue weighted by atomic mass is 127. The lowest BCUT2D eigenvalue weighted by Crippen LogP contribution is -2.63. The summed E-state index contributed by atoms with van der Waals surface area (Å²) in [6, 6.07) is 1.92. The van der Waals surface area contributed by atoms with Crippen molar-refractivity contribution in [2.45, 2.75) is 57.0 Å². The number of hydrogen-bond donors (Lipinski definition) is 0. The van der Waals surface area contributed by atoms with Crippen LogP contribution in [0.15, 0.2) is 0 Å². The fraction of sp³-hybridized carbons (Fsp3) is 1.00. The highest BCUT2D eigenvalue weighted by Gasteiger charge is 2.46. The van der Waals surface area contributed by atoms with E-state index in [4.69, 9.17) is 0 Å². The van der Waals surface area contributed by atoms with Gasteiger partial charge in [0.1, 0.15) is 0 Å². The van der Waals surface area contributed by atoms with E-state index in [1.807, 2.05) is 0 Å². The summed E-state index contributed by atoms with van der Waals surface area (Å²) in [4.78, 5) is 5.74. The molecule has 0 saturated carbocycles. The molecule has 2 bridgehead atoms. The second-order valence-electron chi connectivity index (χ2n) is 6.87. The number of rotatable bonds is 0. The Bertz CT molecular complexity index is 268. The SMILES string of the molecule is C1CCN2CC3CC(CN4CCCC[C@@H]34)[C@H]2C1.I. The summed E-state index contributed by atoms with van der Waals surface area (Å²) < 4.78 is 0. The quantitative estimate of drug-likeness (QED) is 0.612. The summed E-state index contributed by atoms with van der Waals surface area (Å²) in [6.07, 6.45) is 10.5. The van der Waals surface area contributed by atoms with Crippen LogP contribution >= 0.6 is 24.0 Å². The average Bonchev–Trinajstić information content (AvgIpc) is 2.39. The van der Waals surface area contributed by atoms with E-state index < -0.39 is 0 Å². The minimum atomic E-state index is 0. The second kappa shape index (κ2) is 5.57. The highest BCUT2D eigenvalue weighted by molar-refractivity contribution is 14.0. The molecule has 0 spiro atoms. The second-order valence-corrected chi connectivity index (χ2v) is 6.87. The van der Waals surface area contributed by atoms with Crippen LogP contribution in [0.3, 0.4) is 0 Å². The molecule has 0 aromatic rings. The first-order valence-electron chi connectivity index (χ1n) is 7.90. The van der Waals surface area contributed by atoms with Crippen LogP contribution in [0.5, 0.6) is 0 Å². The first-order valence-corrected chi connectivity index (χ1v) is 7.90. The van der Waals surface area contributed by atoms with Crippen molar-refractivity contribution < 1.29 is 0 Å². The smallest absolute Gasteiger partial charge is 0.0136 e. The molecule has 0 aromatic carbocycles. The van der Waals surface area contributed by atoms with Crippen LogP contribution in [-0.2, 0) is 0 Å². The topological polar surface area (TPSA) is 6.48 Å². The van der Waals surface area contributed by atoms with Crippen LogP contribution < -0.4 is 0 Å². The van der Waals surface area contributed by atoms with E-state index in [1.54, 1.807) is 6.42 Å². The molecule has 4 heterocycles. The molecule has 0 radical (unpaired) electrons. The van der Waals surface area contributed by atoms with Crippen LogP contribution in [0, 0.1) is 11.8 Å². The Morgan fingerprint density at radius 2 is 1.17 bits per heavy atom. The molecule has 0 aromatic heterocycles. The Morgan fingerprint density at radius 3 is 1.67 bits per heavy atom. The van der Waals surface area contributed by atoms with E-state index in [-0.39, 0.29) is 24.0 Å². The minimum Gasteiger partial charge on any atom is -0.300 e. The van der Waals surface area contributed by atoms with Crippen LogP contribution in [0.25, 0.3) is 0 Å². The van der Waals surface area contributed by atoms with Crippen molar-refractivity contribution in [3.8, 4) is 0 Å². The van der Waals surface area contributed by atoms with E-state index >= 15 is 0 Å². The molecule has 0 amide bonds. The van der Waals surface area contributed by atoms with Crippen LogP contribution in [0.2, 0.25) is 0 Å². The maximum absolute atomic E-state index is 2.87. The monoisotopic (exact) mass is 362 g/mol. The van der Waals surface area contributed by atoms with Gasteiger partial charge in [-0.15, -0.1) is 24.0 Å². The Labute approximate surface area is 128 Å². The summed E-state index contributed by atoms with van der Waals surface area (Å²) >= 11 is 0. The molecular formula is C15H27IN2. The summed E-state index contributed by atoms with van der Waals surface area (Å²) in [7, 11) is 0. The Morgan fingerprint density at radius 1 is 0.667 bits per heavy atom. The first-order chi connectivity index (χ1) is 8.42. The van der Waals surface area contributed by atoms with Crippen molar-refractivity contribution in [2.24, 2.45) is 11.8 Å². The van der Waals surface area contributed by atoms with Gasteiger partial charge in [0.05, 0.1) is 0 Å². The Balaban J connectivity index is 0.000001000. The summed E-state index contributed by atoms with van der Waals surface area (Å²) in [6.45, 7) is 5.68. The normalized spacial score (nSPS) is 44.7. The Kier molecular flexibility index (Phi) is 4.21. The van der Waals surface area contributed by atoms with Gasteiger partial charge in [-0.25, -0.2) is 0 Å². The van der Waals surface area contributed by atoms with E-state index in [1.165, 1.54) is 64.7 Å². The number of nitrogens with zero attached hydrogens (tertiary/aromatic N) is 2. The summed E-state index contributed by atoms with van der Waals surface area (Å²) in [5.74, 6) is 2.03. The zero-order valence-corrected chi connectivity index (χ0v) is 13.7. The maximum atomic E-state index is 2.87. The van der Waals surface area contributed by atoms with Crippen LogP contribution in [0.4, 0.5) is 0 Å². The molecule has 2 unspecified atom stereocenters. The molecule has 18 heavy (non-hydrogen) atoms. The lowest BCUT2D eigenvalue weighted by Gasteiger charge is -2.57. The number of hydrogen-bond acceptors (Lipinski definition) is 2. The largest absolute Gasteiger partial charge is 0.300 e. The molecule has 4 aliphatic rings. The van der Waals surface area contributed by atoms with Crippen molar-refractivity contribution in [3.05, 3.63) is 0 Å². The molecule has 104 valence electrons. The molecular weight excluding hydrogens is 335 g/mol. The van der Waals surface area contributed by atoms with Crippen molar-refractivity contribution in [1.29, 1.82) is 0 Å². The first kappa shape index (κ1) is 13.6. The van der Waals surface area contributed by atoms with Gasteiger partial charge < -0.3 is 0 Å². The molecule has 4 aliphatic heterocycles. The highest BCUT2D eigenvalue weighted by Crippen LogP contribution is 2.42. The maximum Gasteiger partial charge on any atom is 0.0136 e. The molecule has 0 aliphatic carbocycles. The fourth-order valence-electron chi connectivity index (χ4n) is 5.25. The molecule has 4 fully saturated rings. The van der Waals surface area contributed by atoms with Crippen molar-refractivity contribution in [3.63, 3.8) is 0 Å². The van der Waals surface area contributed by atoms with E-state index in [2.05, 4.69) is 9.80 Å². The van der Waals surface area contributed by atoms with Crippen molar-refractivity contribution >= 4 is 24.0 Å². The predicted molar refractivity (Wildman–Crippen MR) is 85.4 cm³/mol. The fourth-order valence-corrected chi connectivity index (χ4v) is 5.25. The Hall–Kier alpha value is 0.650. The van der Waals surface area contributed by atoms with Gasteiger partial charge in [0.2, 0.25) is 0 Å². The molecule has 0 N–H and O–H groups in total. The molecule has 4 rings (SSSR count). The third kappa shape index (κ3) is 2.24. The van der Waals surface area contributed by atoms with E-state index in [0.717, 1.165) is 23.9 Å². The van der Waals surface area contributed by atoms with Gasteiger partial charge >= 0.3 is 0 Å². The van der Waals surface area contributed by atoms with Crippen LogP contribution in [-0.4, -0.2) is 48.1 Å². The summed E-state index contributed by atoms with van der Waals surface area (Å²) in [5.41, 5.74) is 0. The predicted octanol–water partition coefficient (Wildman–Crippen LogP) is 2.96. The van der Waals surface area contributed by atoms with Gasteiger partial charge in [-0.3, -0.25) is 9.80 Å². The number of halogens is 1. The van der Waals surface area contributed by atoms with Crippen molar-refractivity contribution in [2.75, 3.05) is 26.2 Å². The van der Waals surface area contributed by atoms with E-state index in [9.17, 15) is 0 Å². The lowest BCUT2D eigenvalue weighted by molar-refractivity contribution is -0.0718. The van der Waals surface area contributed by atoms with Crippen molar-refractivity contribution in [1.82, 2.24) is 9.80 Å². The third-order valence-corrected chi connectivity index (χ3v) is 5.96. The van der Waals surface area contributed by atoms with E-state index in [0.29, 0.717) is 0 Å². The minimum absolute atomic E-state index is 0. The molecule has 4 saturated heterocycles. The van der Waals surface area contributed by atoms with Gasteiger partial charge in [-0.2, -0.15) is 0 Å².